The summed E-state index contributed by atoms with van der Waals surface area (Å²) in [5, 5.41) is 0. The first-order valence-corrected chi connectivity index (χ1v) is 5.76. The zero-order valence-corrected chi connectivity index (χ0v) is 9.39. The molecule has 3 heteroatoms. The van der Waals surface area contributed by atoms with E-state index >= 15 is 0 Å². The standard InChI is InChI=1S/C13H17NO2/c15-13(7-10-14-8-4-9-14)16-11-12-5-2-1-3-6-12/h1-3,5-6H,4,7-11H2. The van der Waals surface area contributed by atoms with Crippen LogP contribution in [0.3, 0.4) is 0 Å². The molecule has 1 saturated heterocycles. The van der Waals surface area contributed by atoms with Crippen molar-refractivity contribution in [3.05, 3.63) is 35.9 Å². The molecule has 0 amide bonds. The van der Waals surface area contributed by atoms with Crippen LogP contribution in [0.15, 0.2) is 30.3 Å². The van der Waals surface area contributed by atoms with Gasteiger partial charge in [0.25, 0.3) is 0 Å². The number of hydrogen-bond acceptors (Lipinski definition) is 3. The highest BCUT2D eigenvalue weighted by atomic mass is 16.5. The van der Waals surface area contributed by atoms with Gasteiger partial charge < -0.3 is 9.64 Å². The van der Waals surface area contributed by atoms with Crippen molar-refractivity contribution in [2.75, 3.05) is 19.6 Å². The quantitative estimate of drug-likeness (QED) is 0.707. The summed E-state index contributed by atoms with van der Waals surface area (Å²) in [6, 6.07) is 9.77. The number of likely N-dealkylation sites (tertiary alicyclic amines) is 1. The van der Waals surface area contributed by atoms with Crippen LogP contribution in [0.25, 0.3) is 0 Å². The average molecular weight is 219 g/mol. The number of nitrogens with zero attached hydrogens (tertiary/aromatic N) is 1. The third kappa shape index (κ3) is 3.35. The van der Waals surface area contributed by atoms with E-state index in [4.69, 9.17) is 4.74 Å². The van der Waals surface area contributed by atoms with Gasteiger partial charge in [0, 0.05) is 6.54 Å². The summed E-state index contributed by atoms with van der Waals surface area (Å²) in [7, 11) is 0. The van der Waals surface area contributed by atoms with Crippen molar-refractivity contribution in [1.82, 2.24) is 4.90 Å². The predicted molar refractivity (Wildman–Crippen MR) is 61.9 cm³/mol. The van der Waals surface area contributed by atoms with Crippen LogP contribution in [0.5, 0.6) is 0 Å². The molecular formula is C13H17NO2. The second kappa shape index (κ2) is 5.66. The van der Waals surface area contributed by atoms with Gasteiger partial charge in [-0.3, -0.25) is 4.79 Å². The Kier molecular flexibility index (Phi) is 3.94. The maximum atomic E-state index is 11.4. The number of esters is 1. The molecule has 0 N–H and O–H groups in total. The van der Waals surface area contributed by atoms with Crippen LogP contribution in [0.1, 0.15) is 18.4 Å². The van der Waals surface area contributed by atoms with E-state index in [1.165, 1.54) is 6.42 Å². The molecule has 16 heavy (non-hydrogen) atoms. The highest BCUT2D eigenvalue weighted by Crippen LogP contribution is 2.07. The molecule has 1 aliphatic heterocycles. The molecule has 2 rings (SSSR count). The zero-order valence-electron chi connectivity index (χ0n) is 9.39. The SMILES string of the molecule is O=C(CCN1CCC1)OCc1ccccc1. The van der Waals surface area contributed by atoms with Gasteiger partial charge in [-0.2, -0.15) is 0 Å². The first-order valence-electron chi connectivity index (χ1n) is 5.76. The summed E-state index contributed by atoms with van der Waals surface area (Å²) in [4.78, 5) is 13.7. The molecule has 0 bridgehead atoms. The van der Waals surface area contributed by atoms with Crippen molar-refractivity contribution in [1.29, 1.82) is 0 Å². The normalized spacial score (nSPS) is 15.5. The van der Waals surface area contributed by atoms with Gasteiger partial charge in [0.15, 0.2) is 0 Å². The molecular weight excluding hydrogens is 202 g/mol. The third-order valence-corrected chi connectivity index (χ3v) is 2.82. The van der Waals surface area contributed by atoms with Crippen molar-refractivity contribution in [3.8, 4) is 0 Å². The lowest BCUT2D eigenvalue weighted by Crippen LogP contribution is -2.38. The van der Waals surface area contributed by atoms with E-state index in [0.29, 0.717) is 13.0 Å². The number of carbonyl (C=O) groups is 1. The topological polar surface area (TPSA) is 29.5 Å². The lowest BCUT2D eigenvalue weighted by molar-refractivity contribution is -0.145. The van der Waals surface area contributed by atoms with Crippen molar-refractivity contribution >= 4 is 5.97 Å². The fraction of sp³-hybridized carbons (Fsp3) is 0.462. The van der Waals surface area contributed by atoms with Gasteiger partial charge in [0.1, 0.15) is 6.61 Å². The Morgan fingerprint density at radius 1 is 1.25 bits per heavy atom. The van der Waals surface area contributed by atoms with Crippen LogP contribution < -0.4 is 0 Å². The summed E-state index contributed by atoms with van der Waals surface area (Å²) in [6.07, 6.45) is 1.77. The zero-order chi connectivity index (χ0) is 11.2. The van der Waals surface area contributed by atoms with E-state index in [1.807, 2.05) is 30.3 Å². The number of hydrogen-bond donors (Lipinski definition) is 0. The maximum Gasteiger partial charge on any atom is 0.307 e. The van der Waals surface area contributed by atoms with E-state index in [1.54, 1.807) is 0 Å². The Balaban J connectivity index is 1.63. The van der Waals surface area contributed by atoms with Crippen LogP contribution >= 0.6 is 0 Å². The Morgan fingerprint density at radius 3 is 2.62 bits per heavy atom. The Bertz CT molecular complexity index is 333. The van der Waals surface area contributed by atoms with Gasteiger partial charge in [-0.1, -0.05) is 30.3 Å². The molecule has 0 aromatic heterocycles. The molecule has 1 aromatic rings. The van der Waals surface area contributed by atoms with Crippen LogP contribution in [0, 0.1) is 0 Å². The Morgan fingerprint density at radius 2 is 2.00 bits per heavy atom. The van der Waals surface area contributed by atoms with E-state index in [0.717, 1.165) is 25.2 Å². The summed E-state index contributed by atoms with van der Waals surface area (Å²) in [6.45, 7) is 3.49. The monoisotopic (exact) mass is 219 g/mol. The van der Waals surface area contributed by atoms with Gasteiger partial charge in [-0.25, -0.2) is 0 Å². The molecule has 1 fully saturated rings. The number of ether oxygens (including phenoxy) is 1. The van der Waals surface area contributed by atoms with Gasteiger partial charge in [-0.15, -0.1) is 0 Å². The number of rotatable bonds is 5. The summed E-state index contributed by atoms with van der Waals surface area (Å²) in [5.41, 5.74) is 1.04. The molecule has 1 heterocycles. The van der Waals surface area contributed by atoms with E-state index in [9.17, 15) is 4.79 Å². The molecule has 0 atom stereocenters. The largest absolute Gasteiger partial charge is 0.461 e. The second-order valence-corrected chi connectivity index (χ2v) is 4.09. The van der Waals surface area contributed by atoms with Crippen molar-refractivity contribution in [2.45, 2.75) is 19.4 Å². The van der Waals surface area contributed by atoms with E-state index < -0.39 is 0 Å². The van der Waals surface area contributed by atoms with Crippen molar-refractivity contribution in [3.63, 3.8) is 0 Å². The molecule has 0 radical (unpaired) electrons. The van der Waals surface area contributed by atoms with Crippen LogP contribution in [-0.2, 0) is 16.1 Å². The molecule has 86 valence electrons. The van der Waals surface area contributed by atoms with Crippen LogP contribution in [-0.4, -0.2) is 30.5 Å². The van der Waals surface area contributed by atoms with Crippen LogP contribution in [0.2, 0.25) is 0 Å². The molecule has 3 nitrogen and oxygen atoms in total. The van der Waals surface area contributed by atoms with Gasteiger partial charge in [-0.05, 0) is 25.1 Å². The summed E-state index contributed by atoms with van der Waals surface area (Å²) < 4.78 is 5.18. The molecule has 1 aromatic carbocycles. The van der Waals surface area contributed by atoms with Gasteiger partial charge in [0.2, 0.25) is 0 Å². The predicted octanol–water partition coefficient (Wildman–Crippen LogP) is 1.83. The van der Waals surface area contributed by atoms with Crippen molar-refractivity contribution < 1.29 is 9.53 Å². The lowest BCUT2D eigenvalue weighted by atomic mass is 10.2. The first kappa shape index (κ1) is 11.1. The summed E-state index contributed by atoms with van der Waals surface area (Å²) in [5.74, 6) is -0.101. The highest BCUT2D eigenvalue weighted by Gasteiger charge is 2.14. The number of benzene rings is 1. The Hall–Kier alpha value is -1.35. The average Bonchev–Trinajstić information content (AvgIpc) is 2.26. The maximum absolute atomic E-state index is 11.4. The molecule has 0 unspecified atom stereocenters. The molecule has 0 aliphatic carbocycles. The number of carbonyl (C=O) groups excluding carboxylic acids is 1. The molecule has 0 saturated carbocycles. The smallest absolute Gasteiger partial charge is 0.307 e. The second-order valence-electron chi connectivity index (χ2n) is 4.09. The van der Waals surface area contributed by atoms with Crippen molar-refractivity contribution in [2.24, 2.45) is 0 Å². The van der Waals surface area contributed by atoms with E-state index in [2.05, 4.69) is 4.90 Å². The fourth-order valence-corrected chi connectivity index (χ4v) is 1.66. The first-order chi connectivity index (χ1) is 7.84. The Labute approximate surface area is 96.0 Å². The fourth-order valence-electron chi connectivity index (χ4n) is 1.66. The molecule has 1 aliphatic rings. The molecule has 0 spiro atoms. The minimum absolute atomic E-state index is 0.101. The van der Waals surface area contributed by atoms with Gasteiger partial charge in [0.05, 0.1) is 6.42 Å². The minimum Gasteiger partial charge on any atom is -0.461 e. The van der Waals surface area contributed by atoms with E-state index in [-0.39, 0.29) is 5.97 Å². The summed E-state index contributed by atoms with van der Waals surface area (Å²) >= 11 is 0. The minimum atomic E-state index is -0.101. The third-order valence-electron chi connectivity index (χ3n) is 2.82. The lowest BCUT2D eigenvalue weighted by Gasteiger charge is -2.30. The highest BCUT2D eigenvalue weighted by molar-refractivity contribution is 5.69. The van der Waals surface area contributed by atoms with Gasteiger partial charge >= 0.3 is 5.97 Å². The van der Waals surface area contributed by atoms with Crippen LogP contribution in [0.4, 0.5) is 0 Å².